The van der Waals surface area contributed by atoms with Crippen LogP contribution in [0, 0.1) is 23.0 Å². The second-order valence-electron chi connectivity index (χ2n) is 6.63. The van der Waals surface area contributed by atoms with Crippen molar-refractivity contribution in [2.75, 3.05) is 18.5 Å². The number of hydrogen-bond acceptors (Lipinski definition) is 5. The van der Waals surface area contributed by atoms with E-state index in [4.69, 9.17) is 14.2 Å². The van der Waals surface area contributed by atoms with Gasteiger partial charge in [0.25, 0.3) is 0 Å². The number of hydrogen-bond donors (Lipinski definition) is 1. The van der Waals surface area contributed by atoms with Gasteiger partial charge in [-0.05, 0) is 32.0 Å². The highest BCUT2D eigenvalue weighted by Gasteiger charge is 2.32. The van der Waals surface area contributed by atoms with Gasteiger partial charge in [0.1, 0.15) is 29.0 Å². The topological polar surface area (TPSA) is 63.5 Å². The molecule has 1 N–H and O–H groups in total. The largest absolute Gasteiger partial charge is 0.492 e. The Hall–Kier alpha value is -2.69. The maximum absolute atomic E-state index is 14.0. The van der Waals surface area contributed by atoms with E-state index >= 15 is 0 Å². The van der Waals surface area contributed by atoms with E-state index < -0.39 is 17.4 Å². The predicted octanol–water partition coefficient (Wildman–Crippen LogP) is 4.50. The molecule has 2 aromatic rings. The molecule has 0 aliphatic carbocycles. The Morgan fingerprint density at radius 3 is 2.70 bits per heavy atom. The molecule has 7 heteroatoms. The van der Waals surface area contributed by atoms with E-state index in [1.807, 2.05) is 19.9 Å². The molecular formula is C20H20F2N2O3. The van der Waals surface area contributed by atoms with Crippen LogP contribution < -0.4 is 10.1 Å². The maximum atomic E-state index is 14.0. The van der Waals surface area contributed by atoms with E-state index in [0.717, 1.165) is 12.1 Å². The van der Waals surface area contributed by atoms with E-state index in [0.29, 0.717) is 13.0 Å². The van der Waals surface area contributed by atoms with Crippen LogP contribution in [0.15, 0.2) is 36.4 Å². The zero-order chi connectivity index (χ0) is 19.4. The molecule has 2 aromatic carbocycles. The van der Waals surface area contributed by atoms with Crippen LogP contribution in [0.1, 0.15) is 25.8 Å². The minimum absolute atomic E-state index is 0.0921. The molecule has 0 bridgehead atoms. The molecule has 1 saturated heterocycles. The summed E-state index contributed by atoms with van der Waals surface area (Å²) >= 11 is 0. The standard InChI is InChI=1S/C20H20F2N2O3/c1-20(2)26-12-14(27-20)7-8-25-19-10-13(21)9-18(15(19)11-23)24-17-6-4-3-5-16(17)22/h3-6,9-10,14,24H,7-8,12H2,1-2H3/t14-/m1/s1. The predicted molar refractivity (Wildman–Crippen MR) is 95.8 cm³/mol. The number of rotatable bonds is 6. The molecule has 27 heavy (non-hydrogen) atoms. The van der Waals surface area contributed by atoms with Gasteiger partial charge in [0.05, 0.1) is 30.7 Å². The van der Waals surface area contributed by atoms with Gasteiger partial charge >= 0.3 is 0 Å². The van der Waals surface area contributed by atoms with Crippen molar-refractivity contribution in [2.45, 2.75) is 32.2 Å². The molecule has 0 aromatic heterocycles. The summed E-state index contributed by atoms with van der Waals surface area (Å²) in [5, 5.41) is 12.2. The fourth-order valence-corrected chi connectivity index (χ4v) is 2.82. The SMILES string of the molecule is CC1(C)OC[C@@H](CCOc2cc(F)cc(Nc3ccccc3F)c2C#N)O1. The molecular weight excluding hydrogens is 354 g/mol. The lowest BCUT2D eigenvalue weighted by molar-refractivity contribution is -0.139. The van der Waals surface area contributed by atoms with Crippen LogP contribution in [0.4, 0.5) is 20.2 Å². The maximum Gasteiger partial charge on any atom is 0.163 e. The van der Waals surface area contributed by atoms with Crippen LogP contribution >= 0.6 is 0 Å². The summed E-state index contributed by atoms with van der Waals surface area (Å²) in [4.78, 5) is 0. The molecule has 0 radical (unpaired) electrons. The van der Waals surface area contributed by atoms with Crippen LogP contribution in [0.2, 0.25) is 0 Å². The van der Waals surface area contributed by atoms with Crippen LogP contribution in [-0.4, -0.2) is 25.1 Å². The molecule has 1 atom stereocenters. The van der Waals surface area contributed by atoms with E-state index in [2.05, 4.69) is 5.32 Å². The highest BCUT2D eigenvalue weighted by molar-refractivity contribution is 5.70. The van der Waals surface area contributed by atoms with Gasteiger partial charge in [0, 0.05) is 12.5 Å². The average molecular weight is 374 g/mol. The second kappa shape index (κ2) is 7.91. The molecule has 0 spiro atoms. The van der Waals surface area contributed by atoms with E-state index in [1.165, 1.54) is 12.1 Å². The molecule has 0 saturated carbocycles. The van der Waals surface area contributed by atoms with E-state index in [-0.39, 0.29) is 35.4 Å². The van der Waals surface area contributed by atoms with Gasteiger partial charge in [-0.15, -0.1) is 0 Å². The third-order valence-corrected chi connectivity index (χ3v) is 4.09. The molecule has 1 aliphatic heterocycles. The number of para-hydroxylation sites is 1. The number of anilines is 2. The summed E-state index contributed by atoms with van der Waals surface area (Å²) in [6, 6.07) is 10.2. The molecule has 1 fully saturated rings. The second-order valence-corrected chi connectivity index (χ2v) is 6.63. The van der Waals surface area contributed by atoms with Gasteiger partial charge in [-0.25, -0.2) is 8.78 Å². The van der Waals surface area contributed by atoms with Crippen LogP contribution in [0.3, 0.4) is 0 Å². The normalized spacial score (nSPS) is 18.1. The zero-order valence-corrected chi connectivity index (χ0v) is 15.1. The van der Waals surface area contributed by atoms with Crippen molar-refractivity contribution in [1.29, 1.82) is 5.26 Å². The monoisotopic (exact) mass is 374 g/mol. The van der Waals surface area contributed by atoms with Crippen molar-refractivity contribution in [3.05, 3.63) is 53.6 Å². The Morgan fingerprint density at radius 2 is 2.04 bits per heavy atom. The average Bonchev–Trinajstić information content (AvgIpc) is 2.96. The van der Waals surface area contributed by atoms with Crippen molar-refractivity contribution >= 4 is 11.4 Å². The first-order valence-electron chi connectivity index (χ1n) is 8.58. The summed E-state index contributed by atoms with van der Waals surface area (Å²) < 4.78 is 44.6. The fourth-order valence-electron chi connectivity index (χ4n) is 2.82. The minimum atomic E-state index is -0.627. The zero-order valence-electron chi connectivity index (χ0n) is 15.1. The van der Waals surface area contributed by atoms with Gasteiger partial charge in [-0.2, -0.15) is 5.26 Å². The minimum Gasteiger partial charge on any atom is -0.492 e. The van der Waals surface area contributed by atoms with Gasteiger partial charge in [0.2, 0.25) is 0 Å². The van der Waals surface area contributed by atoms with Gasteiger partial charge < -0.3 is 19.5 Å². The van der Waals surface area contributed by atoms with Crippen molar-refractivity contribution in [1.82, 2.24) is 0 Å². The number of nitrogens with one attached hydrogen (secondary N) is 1. The van der Waals surface area contributed by atoms with Crippen LogP contribution in [0.25, 0.3) is 0 Å². The first-order valence-corrected chi connectivity index (χ1v) is 8.58. The lowest BCUT2D eigenvalue weighted by atomic mass is 10.1. The third kappa shape index (κ3) is 4.73. The van der Waals surface area contributed by atoms with Crippen molar-refractivity contribution in [2.24, 2.45) is 0 Å². The smallest absolute Gasteiger partial charge is 0.163 e. The fraction of sp³-hybridized carbons (Fsp3) is 0.350. The Bertz CT molecular complexity index is 865. The molecule has 0 amide bonds. The van der Waals surface area contributed by atoms with E-state index in [9.17, 15) is 14.0 Å². The lowest BCUT2D eigenvalue weighted by Gasteiger charge is -2.17. The molecule has 142 valence electrons. The summed E-state index contributed by atoms with van der Waals surface area (Å²) in [5.41, 5.74) is 0.382. The first kappa shape index (κ1) is 19.1. The Morgan fingerprint density at radius 1 is 1.26 bits per heavy atom. The van der Waals surface area contributed by atoms with Crippen molar-refractivity contribution in [3.8, 4) is 11.8 Å². The summed E-state index contributed by atoms with van der Waals surface area (Å²) in [6.45, 7) is 4.33. The van der Waals surface area contributed by atoms with Crippen LogP contribution in [-0.2, 0) is 9.47 Å². The Kier molecular flexibility index (Phi) is 5.59. The highest BCUT2D eigenvalue weighted by atomic mass is 19.1. The van der Waals surface area contributed by atoms with Gasteiger partial charge in [0.15, 0.2) is 5.79 Å². The van der Waals surface area contributed by atoms with Crippen molar-refractivity contribution in [3.63, 3.8) is 0 Å². The quantitative estimate of drug-likeness (QED) is 0.807. The number of nitriles is 1. The highest BCUT2D eigenvalue weighted by Crippen LogP contribution is 2.31. The van der Waals surface area contributed by atoms with Crippen LogP contribution in [0.5, 0.6) is 5.75 Å². The molecule has 5 nitrogen and oxygen atoms in total. The number of nitrogens with zero attached hydrogens (tertiary/aromatic N) is 1. The van der Waals surface area contributed by atoms with Gasteiger partial charge in [-0.1, -0.05) is 12.1 Å². The van der Waals surface area contributed by atoms with Crippen molar-refractivity contribution < 1.29 is 23.0 Å². The number of ether oxygens (including phenoxy) is 3. The number of benzene rings is 2. The summed E-state index contributed by atoms with van der Waals surface area (Å²) in [7, 11) is 0. The number of halogens is 2. The molecule has 1 aliphatic rings. The summed E-state index contributed by atoms with van der Waals surface area (Å²) in [6.07, 6.45) is 0.399. The van der Waals surface area contributed by atoms with E-state index in [1.54, 1.807) is 12.1 Å². The third-order valence-electron chi connectivity index (χ3n) is 4.09. The molecule has 0 unspecified atom stereocenters. The Labute approximate surface area is 156 Å². The summed E-state index contributed by atoms with van der Waals surface area (Å²) in [5.74, 6) is -1.63. The van der Waals surface area contributed by atoms with Gasteiger partial charge in [-0.3, -0.25) is 0 Å². The molecule has 3 rings (SSSR count). The lowest BCUT2D eigenvalue weighted by Crippen LogP contribution is -2.22. The first-order chi connectivity index (χ1) is 12.9. The molecule has 1 heterocycles. The Balaban J connectivity index is 1.73.